The van der Waals surface area contributed by atoms with E-state index in [-0.39, 0.29) is 11.9 Å². The summed E-state index contributed by atoms with van der Waals surface area (Å²) < 4.78 is 46.6. The number of alkyl halides is 3. The van der Waals surface area contributed by atoms with Crippen LogP contribution < -0.4 is 15.4 Å². The van der Waals surface area contributed by atoms with Gasteiger partial charge in [0.25, 0.3) is 0 Å². The zero-order valence-electron chi connectivity index (χ0n) is 13.4. The number of hydrogen-bond donors (Lipinski definition) is 2. The van der Waals surface area contributed by atoms with E-state index in [1.54, 1.807) is 0 Å². The molecule has 25 heavy (non-hydrogen) atoms. The van der Waals surface area contributed by atoms with E-state index < -0.39 is 12.8 Å². The van der Waals surface area contributed by atoms with Gasteiger partial charge >= 0.3 is 6.18 Å². The van der Waals surface area contributed by atoms with Crippen LogP contribution in [0.5, 0.6) is 5.75 Å². The lowest BCUT2D eigenvalue weighted by Crippen LogP contribution is -2.42. The van der Waals surface area contributed by atoms with Crippen LogP contribution in [0.3, 0.4) is 0 Å². The molecule has 1 aliphatic heterocycles. The molecule has 6 nitrogen and oxygen atoms in total. The molecule has 0 radical (unpaired) electrons. The lowest BCUT2D eigenvalue weighted by atomic mass is 9.93. The summed E-state index contributed by atoms with van der Waals surface area (Å²) in [7, 11) is 0. The van der Waals surface area contributed by atoms with Crippen LogP contribution in [0.2, 0.25) is 0 Å². The molecule has 1 aromatic rings. The van der Waals surface area contributed by atoms with Crippen molar-refractivity contribution in [3.05, 3.63) is 36.3 Å². The quantitative estimate of drug-likeness (QED) is 0.844. The highest BCUT2D eigenvalue weighted by molar-refractivity contribution is 5.41. The lowest BCUT2D eigenvalue weighted by Gasteiger charge is -2.30. The Morgan fingerprint density at radius 1 is 1.32 bits per heavy atom. The monoisotopic (exact) mass is 356 g/mol. The molecule has 2 heterocycles. The molecule has 136 valence electrons. The summed E-state index contributed by atoms with van der Waals surface area (Å²) in [6.45, 7) is 1.08. The zero-order chi connectivity index (χ0) is 17.7. The van der Waals surface area contributed by atoms with Gasteiger partial charge in [0.15, 0.2) is 12.4 Å². The number of allylic oxidation sites excluding steroid dienone is 2. The largest absolute Gasteiger partial charge is 0.481 e. The van der Waals surface area contributed by atoms with Crippen molar-refractivity contribution in [1.82, 2.24) is 15.3 Å². The molecule has 3 rings (SSSR count). The molecule has 0 saturated carbocycles. The Balaban J connectivity index is 1.49. The Hall–Kier alpha value is -2.13. The highest BCUT2D eigenvalue weighted by Crippen LogP contribution is 2.23. The van der Waals surface area contributed by atoms with Gasteiger partial charge in [-0.05, 0) is 12.5 Å². The first-order chi connectivity index (χ1) is 12.0. The van der Waals surface area contributed by atoms with E-state index in [0.29, 0.717) is 11.9 Å². The molecule has 2 N–H and O–H groups in total. The van der Waals surface area contributed by atoms with Gasteiger partial charge in [0.2, 0.25) is 5.95 Å². The second-order valence-electron chi connectivity index (χ2n) is 5.80. The number of hydrogen-bond acceptors (Lipinski definition) is 6. The molecule has 0 spiro atoms. The average Bonchev–Trinajstić information content (AvgIpc) is 2.62. The summed E-state index contributed by atoms with van der Waals surface area (Å²) in [4.78, 5) is 7.92. The summed E-state index contributed by atoms with van der Waals surface area (Å²) >= 11 is 0. The van der Waals surface area contributed by atoms with Crippen molar-refractivity contribution in [1.29, 1.82) is 0 Å². The van der Waals surface area contributed by atoms with Crippen molar-refractivity contribution in [2.75, 3.05) is 31.6 Å². The summed E-state index contributed by atoms with van der Waals surface area (Å²) in [6.07, 6.45) is 5.08. The fourth-order valence-corrected chi connectivity index (χ4v) is 2.62. The first-order valence-corrected chi connectivity index (χ1v) is 7.99. The Labute approximate surface area is 143 Å². The normalized spacial score (nSPS) is 23.9. The van der Waals surface area contributed by atoms with Crippen LogP contribution >= 0.6 is 0 Å². The minimum atomic E-state index is -4.39. The third-order valence-corrected chi connectivity index (χ3v) is 3.85. The molecule has 9 heteroatoms. The molecule has 0 bridgehead atoms. The summed E-state index contributed by atoms with van der Waals surface area (Å²) in [6, 6.07) is 0. The van der Waals surface area contributed by atoms with Crippen LogP contribution in [0.15, 0.2) is 36.3 Å². The van der Waals surface area contributed by atoms with Gasteiger partial charge in [0, 0.05) is 24.7 Å². The van der Waals surface area contributed by atoms with Crippen LogP contribution in [0.25, 0.3) is 0 Å². The summed E-state index contributed by atoms with van der Waals surface area (Å²) in [5.41, 5.74) is 0.837. The minimum absolute atomic E-state index is 0.0296. The zero-order valence-corrected chi connectivity index (χ0v) is 13.4. The van der Waals surface area contributed by atoms with Gasteiger partial charge in [-0.3, -0.25) is 0 Å². The molecule has 1 unspecified atom stereocenters. The van der Waals surface area contributed by atoms with Crippen LogP contribution in [0.1, 0.15) is 6.42 Å². The number of halogens is 3. The van der Waals surface area contributed by atoms with Crippen LogP contribution in [0, 0.1) is 5.92 Å². The van der Waals surface area contributed by atoms with E-state index >= 15 is 0 Å². The van der Waals surface area contributed by atoms with Gasteiger partial charge in [0.05, 0.1) is 25.1 Å². The molecule has 2 atom stereocenters. The smallest absolute Gasteiger partial charge is 0.422 e. The third kappa shape index (κ3) is 5.43. The maximum Gasteiger partial charge on any atom is 0.422 e. The van der Waals surface area contributed by atoms with E-state index in [2.05, 4.69) is 31.4 Å². The van der Waals surface area contributed by atoms with Gasteiger partial charge in [0.1, 0.15) is 0 Å². The van der Waals surface area contributed by atoms with Crippen molar-refractivity contribution in [3.8, 4) is 5.75 Å². The first-order valence-electron chi connectivity index (χ1n) is 7.99. The SMILES string of the molecule is FC(F)(F)COc1cnc(NC2=CCC([C@H]3CNCCO3)C=C2)nc1. The molecule has 1 saturated heterocycles. The van der Waals surface area contributed by atoms with Crippen molar-refractivity contribution < 1.29 is 22.6 Å². The highest BCUT2D eigenvalue weighted by Gasteiger charge is 2.28. The van der Waals surface area contributed by atoms with Gasteiger partial charge in [-0.15, -0.1) is 0 Å². The number of ether oxygens (including phenoxy) is 2. The van der Waals surface area contributed by atoms with E-state index in [0.717, 1.165) is 31.8 Å². The molecular formula is C16H19F3N4O2. The molecular weight excluding hydrogens is 337 g/mol. The Kier molecular flexibility index (Phi) is 5.54. The second-order valence-corrected chi connectivity index (χ2v) is 5.80. The minimum Gasteiger partial charge on any atom is -0.481 e. The van der Waals surface area contributed by atoms with E-state index in [9.17, 15) is 13.2 Å². The predicted molar refractivity (Wildman–Crippen MR) is 85.1 cm³/mol. The highest BCUT2D eigenvalue weighted by atomic mass is 19.4. The van der Waals surface area contributed by atoms with Crippen molar-refractivity contribution >= 4 is 5.95 Å². The maximum atomic E-state index is 12.1. The number of rotatable bonds is 5. The molecule has 1 aliphatic carbocycles. The average molecular weight is 356 g/mol. The fraction of sp³-hybridized carbons (Fsp3) is 0.500. The number of nitrogens with one attached hydrogen (secondary N) is 2. The number of aromatic nitrogens is 2. The van der Waals surface area contributed by atoms with Crippen molar-refractivity contribution in [2.24, 2.45) is 5.92 Å². The molecule has 1 fully saturated rings. The van der Waals surface area contributed by atoms with Crippen LogP contribution in [-0.4, -0.2) is 48.6 Å². The number of morpholine rings is 1. The van der Waals surface area contributed by atoms with E-state index in [1.807, 2.05) is 12.2 Å². The van der Waals surface area contributed by atoms with Gasteiger partial charge in [-0.25, -0.2) is 9.97 Å². The molecule has 2 aliphatic rings. The summed E-state index contributed by atoms with van der Waals surface area (Å²) in [5, 5.41) is 6.33. The first kappa shape index (κ1) is 17.7. The standard InChI is InChI=1S/C16H19F3N4O2/c17-16(18,19)10-25-13-7-21-15(22-8-13)23-12-3-1-11(2-4-12)14-9-20-5-6-24-14/h1,3-4,7-8,11,14,20H,2,5-6,9-10H2,(H,21,22,23)/t11?,14-/m1/s1. The second kappa shape index (κ2) is 7.83. The van der Waals surface area contributed by atoms with Gasteiger partial charge in [-0.1, -0.05) is 12.2 Å². The topological polar surface area (TPSA) is 68.3 Å². The Morgan fingerprint density at radius 3 is 2.72 bits per heavy atom. The summed E-state index contributed by atoms with van der Waals surface area (Å²) in [5.74, 6) is 0.583. The molecule has 1 aromatic heterocycles. The van der Waals surface area contributed by atoms with Crippen molar-refractivity contribution in [3.63, 3.8) is 0 Å². The van der Waals surface area contributed by atoms with Gasteiger partial charge in [-0.2, -0.15) is 13.2 Å². The molecule has 0 aromatic carbocycles. The van der Waals surface area contributed by atoms with Crippen LogP contribution in [0.4, 0.5) is 19.1 Å². The van der Waals surface area contributed by atoms with E-state index in [4.69, 9.17) is 4.74 Å². The maximum absolute atomic E-state index is 12.1. The number of nitrogens with zero attached hydrogens (tertiary/aromatic N) is 2. The Bertz CT molecular complexity index is 625. The Morgan fingerprint density at radius 2 is 2.12 bits per heavy atom. The van der Waals surface area contributed by atoms with Crippen LogP contribution in [-0.2, 0) is 4.74 Å². The molecule has 0 amide bonds. The van der Waals surface area contributed by atoms with E-state index in [1.165, 1.54) is 12.4 Å². The number of anilines is 1. The van der Waals surface area contributed by atoms with Crippen molar-refractivity contribution in [2.45, 2.75) is 18.7 Å². The van der Waals surface area contributed by atoms with Gasteiger partial charge < -0.3 is 20.1 Å². The fourth-order valence-electron chi connectivity index (χ4n) is 2.62. The third-order valence-electron chi connectivity index (χ3n) is 3.85. The predicted octanol–water partition coefficient (Wildman–Crippen LogP) is 2.28. The lowest BCUT2D eigenvalue weighted by molar-refractivity contribution is -0.153.